The van der Waals surface area contributed by atoms with E-state index in [-0.39, 0.29) is 0 Å². The highest BCUT2D eigenvalue weighted by molar-refractivity contribution is 5.62. The van der Waals surface area contributed by atoms with Crippen molar-refractivity contribution in [3.8, 4) is 11.3 Å². The van der Waals surface area contributed by atoms with Gasteiger partial charge in [0.1, 0.15) is 5.82 Å². The molecule has 14 heavy (non-hydrogen) atoms. The van der Waals surface area contributed by atoms with Crippen molar-refractivity contribution in [1.29, 1.82) is 0 Å². The summed E-state index contributed by atoms with van der Waals surface area (Å²) in [5.41, 5.74) is 2.04. The summed E-state index contributed by atoms with van der Waals surface area (Å²) in [6.45, 7) is 0. The minimum atomic E-state index is 0.958. The summed E-state index contributed by atoms with van der Waals surface area (Å²) in [7, 11) is 3.80. The van der Waals surface area contributed by atoms with Crippen molar-refractivity contribution in [2.24, 2.45) is 7.05 Å². The Morgan fingerprint density at radius 1 is 1.29 bits per heavy atom. The number of aromatic nitrogens is 3. The van der Waals surface area contributed by atoms with Gasteiger partial charge in [0.2, 0.25) is 0 Å². The van der Waals surface area contributed by atoms with Gasteiger partial charge in [0.15, 0.2) is 0 Å². The van der Waals surface area contributed by atoms with E-state index in [1.54, 1.807) is 12.4 Å². The second kappa shape index (κ2) is 3.49. The van der Waals surface area contributed by atoms with Gasteiger partial charge in [-0.1, -0.05) is 0 Å². The molecule has 0 unspecified atom stereocenters. The molecule has 0 fully saturated rings. The summed E-state index contributed by atoms with van der Waals surface area (Å²) in [6.07, 6.45) is 3.53. The van der Waals surface area contributed by atoms with Crippen LogP contribution in [-0.2, 0) is 7.05 Å². The molecule has 2 heterocycles. The molecule has 0 saturated carbocycles. The molecule has 2 aromatic heterocycles. The summed E-state index contributed by atoms with van der Waals surface area (Å²) >= 11 is 0. The van der Waals surface area contributed by atoms with Crippen LogP contribution >= 0.6 is 0 Å². The predicted octanol–water partition coefficient (Wildman–Crippen LogP) is 1.52. The summed E-state index contributed by atoms with van der Waals surface area (Å²) < 4.78 is 1.82. The van der Waals surface area contributed by atoms with Crippen LogP contribution in [0.15, 0.2) is 30.6 Å². The quantitative estimate of drug-likeness (QED) is 0.777. The van der Waals surface area contributed by atoms with Gasteiger partial charge in [-0.25, -0.2) is 0 Å². The Morgan fingerprint density at radius 2 is 2.00 bits per heavy atom. The molecule has 0 saturated heterocycles. The zero-order valence-corrected chi connectivity index (χ0v) is 8.23. The molecule has 0 radical (unpaired) electrons. The van der Waals surface area contributed by atoms with E-state index in [0.29, 0.717) is 0 Å². The zero-order chi connectivity index (χ0) is 9.97. The molecular weight excluding hydrogens is 176 g/mol. The van der Waals surface area contributed by atoms with Crippen molar-refractivity contribution in [2.45, 2.75) is 0 Å². The van der Waals surface area contributed by atoms with Gasteiger partial charge in [0, 0.05) is 38.1 Å². The molecule has 0 bridgehead atoms. The molecule has 4 nitrogen and oxygen atoms in total. The Labute approximate surface area is 82.6 Å². The fourth-order valence-corrected chi connectivity index (χ4v) is 1.36. The largest absolute Gasteiger partial charge is 0.373 e. The average Bonchev–Trinajstić information content (AvgIpc) is 2.61. The smallest absolute Gasteiger partial charge is 0.124 e. The Hall–Kier alpha value is -1.84. The van der Waals surface area contributed by atoms with Gasteiger partial charge in [-0.05, 0) is 12.1 Å². The van der Waals surface area contributed by atoms with Crippen LogP contribution in [0, 0.1) is 0 Å². The molecule has 0 amide bonds. The molecule has 0 atom stereocenters. The highest BCUT2D eigenvalue weighted by Crippen LogP contribution is 2.19. The summed E-state index contributed by atoms with van der Waals surface area (Å²) in [5.74, 6) is 0.997. The van der Waals surface area contributed by atoms with Crippen LogP contribution in [0.5, 0.6) is 0 Å². The average molecular weight is 188 g/mol. The number of pyridine rings is 1. The lowest BCUT2D eigenvalue weighted by atomic mass is 10.2. The summed E-state index contributed by atoms with van der Waals surface area (Å²) in [5, 5.41) is 7.45. The lowest BCUT2D eigenvalue weighted by molar-refractivity contribution is 0.778. The van der Waals surface area contributed by atoms with E-state index in [2.05, 4.69) is 15.4 Å². The highest BCUT2D eigenvalue weighted by Gasteiger charge is 2.04. The lowest BCUT2D eigenvalue weighted by Crippen LogP contribution is -1.97. The third-order valence-electron chi connectivity index (χ3n) is 2.11. The van der Waals surface area contributed by atoms with Gasteiger partial charge in [0.05, 0.1) is 5.69 Å². The number of nitrogens with zero attached hydrogens (tertiary/aromatic N) is 3. The third kappa shape index (κ3) is 1.46. The minimum Gasteiger partial charge on any atom is -0.373 e. The van der Waals surface area contributed by atoms with Gasteiger partial charge in [0.25, 0.3) is 0 Å². The molecule has 0 aromatic carbocycles. The van der Waals surface area contributed by atoms with Crippen LogP contribution in [-0.4, -0.2) is 21.8 Å². The number of rotatable bonds is 2. The van der Waals surface area contributed by atoms with E-state index in [9.17, 15) is 0 Å². The van der Waals surface area contributed by atoms with Crippen molar-refractivity contribution in [2.75, 3.05) is 12.4 Å². The molecule has 1 N–H and O–H groups in total. The Kier molecular flexibility index (Phi) is 2.18. The van der Waals surface area contributed by atoms with E-state index < -0.39 is 0 Å². The van der Waals surface area contributed by atoms with Gasteiger partial charge in [-0.3, -0.25) is 9.67 Å². The lowest BCUT2D eigenvalue weighted by Gasteiger charge is -1.96. The molecule has 2 aromatic rings. The monoisotopic (exact) mass is 188 g/mol. The first-order chi connectivity index (χ1) is 6.81. The van der Waals surface area contributed by atoms with E-state index in [0.717, 1.165) is 17.1 Å². The van der Waals surface area contributed by atoms with Crippen molar-refractivity contribution in [3.63, 3.8) is 0 Å². The number of hydrogen-bond donors (Lipinski definition) is 1. The minimum absolute atomic E-state index is 0.958. The van der Waals surface area contributed by atoms with Crippen molar-refractivity contribution >= 4 is 5.82 Å². The van der Waals surface area contributed by atoms with Crippen LogP contribution < -0.4 is 5.32 Å². The van der Waals surface area contributed by atoms with Gasteiger partial charge in [-0.2, -0.15) is 5.10 Å². The summed E-state index contributed by atoms with van der Waals surface area (Å²) in [6, 6.07) is 5.90. The molecule has 2 rings (SSSR count). The molecule has 0 aliphatic carbocycles. The first-order valence-electron chi connectivity index (χ1n) is 4.43. The predicted molar refractivity (Wildman–Crippen MR) is 56.0 cm³/mol. The third-order valence-corrected chi connectivity index (χ3v) is 2.11. The van der Waals surface area contributed by atoms with Gasteiger partial charge in [-0.15, -0.1) is 0 Å². The maximum Gasteiger partial charge on any atom is 0.124 e. The molecule has 72 valence electrons. The Balaban J connectivity index is 2.43. The molecular formula is C10H12N4. The maximum atomic E-state index is 4.38. The van der Waals surface area contributed by atoms with Crippen molar-refractivity contribution in [1.82, 2.24) is 14.8 Å². The SMILES string of the molecule is CNc1cc(-c2ccncc2)nn1C. The molecule has 0 spiro atoms. The van der Waals surface area contributed by atoms with E-state index in [1.807, 2.05) is 37.0 Å². The van der Waals surface area contributed by atoms with E-state index in [1.165, 1.54) is 0 Å². The zero-order valence-electron chi connectivity index (χ0n) is 8.23. The molecule has 0 aliphatic rings. The first kappa shape index (κ1) is 8.74. The fourth-order valence-electron chi connectivity index (χ4n) is 1.36. The highest BCUT2D eigenvalue weighted by atomic mass is 15.3. The topological polar surface area (TPSA) is 42.7 Å². The normalized spacial score (nSPS) is 10.1. The second-order valence-electron chi connectivity index (χ2n) is 3.02. The van der Waals surface area contributed by atoms with Gasteiger partial charge >= 0.3 is 0 Å². The Bertz CT molecular complexity index is 419. The van der Waals surface area contributed by atoms with Crippen LogP contribution in [0.4, 0.5) is 5.82 Å². The van der Waals surface area contributed by atoms with Crippen LogP contribution in [0.3, 0.4) is 0 Å². The van der Waals surface area contributed by atoms with Crippen molar-refractivity contribution < 1.29 is 0 Å². The van der Waals surface area contributed by atoms with Crippen LogP contribution in [0.1, 0.15) is 0 Å². The first-order valence-corrected chi connectivity index (χ1v) is 4.43. The number of nitrogens with one attached hydrogen (secondary N) is 1. The maximum absolute atomic E-state index is 4.38. The van der Waals surface area contributed by atoms with Crippen molar-refractivity contribution in [3.05, 3.63) is 30.6 Å². The number of aryl methyl sites for hydroxylation is 1. The summed E-state index contributed by atoms with van der Waals surface area (Å²) in [4.78, 5) is 3.97. The van der Waals surface area contributed by atoms with Crippen LogP contribution in [0.25, 0.3) is 11.3 Å². The van der Waals surface area contributed by atoms with Gasteiger partial charge < -0.3 is 5.32 Å². The molecule has 0 aliphatic heterocycles. The number of hydrogen-bond acceptors (Lipinski definition) is 3. The second-order valence-corrected chi connectivity index (χ2v) is 3.02. The van der Waals surface area contributed by atoms with E-state index >= 15 is 0 Å². The van der Waals surface area contributed by atoms with Crippen LogP contribution in [0.2, 0.25) is 0 Å². The standard InChI is InChI=1S/C10H12N4/c1-11-10-7-9(13-14(10)2)8-3-5-12-6-4-8/h3-7,11H,1-2H3. The molecule has 4 heteroatoms. The van der Waals surface area contributed by atoms with E-state index in [4.69, 9.17) is 0 Å². The Morgan fingerprint density at radius 3 is 2.57 bits per heavy atom. The fraction of sp³-hybridized carbons (Fsp3) is 0.200. The number of anilines is 1.